The van der Waals surface area contributed by atoms with Crippen molar-refractivity contribution in [2.45, 2.75) is 88.4 Å². The topological polar surface area (TPSA) is 122 Å². The van der Waals surface area contributed by atoms with Crippen LogP contribution < -0.4 is 14.9 Å². The van der Waals surface area contributed by atoms with Gasteiger partial charge < -0.3 is 10.2 Å². The van der Waals surface area contributed by atoms with Gasteiger partial charge in [-0.05, 0) is 101 Å². The van der Waals surface area contributed by atoms with Crippen LogP contribution in [-0.4, -0.2) is 58.9 Å². The highest BCUT2D eigenvalue weighted by atomic mass is 32.2. The second kappa shape index (κ2) is 11.6. The summed E-state index contributed by atoms with van der Waals surface area (Å²) in [5, 5.41) is 7.54. The summed E-state index contributed by atoms with van der Waals surface area (Å²) in [5.74, 6) is 0.750. The molecule has 2 fully saturated rings. The second-order valence-electron chi connectivity index (χ2n) is 13.1. The lowest BCUT2D eigenvalue weighted by atomic mass is 9.93. The van der Waals surface area contributed by atoms with Gasteiger partial charge >= 0.3 is 6.18 Å². The Hall–Kier alpha value is -3.68. The van der Waals surface area contributed by atoms with Gasteiger partial charge in [0.25, 0.3) is 15.9 Å². The van der Waals surface area contributed by atoms with Gasteiger partial charge in [0.15, 0.2) is 10.8 Å². The first kappa shape index (κ1) is 31.3. The van der Waals surface area contributed by atoms with E-state index in [0.29, 0.717) is 55.7 Å². The lowest BCUT2D eigenvalue weighted by Crippen LogP contribution is -2.41. The molecule has 6 rings (SSSR count). The lowest BCUT2D eigenvalue weighted by Gasteiger charge is -2.34. The van der Waals surface area contributed by atoms with Crippen LogP contribution in [0.25, 0.3) is 5.82 Å². The Morgan fingerprint density at radius 3 is 2.62 bits per heavy atom. The van der Waals surface area contributed by atoms with Gasteiger partial charge in [0.2, 0.25) is 0 Å². The van der Waals surface area contributed by atoms with Gasteiger partial charge in [0, 0.05) is 24.8 Å². The van der Waals surface area contributed by atoms with Crippen molar-refractivity contribution in [2.24, 2.45) is 11.3 Å². The molecule has 1 saturated carbocycles. The van der Waals surface area contributed by atoms with E-state index in [1.165, 1.54) is 6.07 Å². The van der Waals surface area contributed by atoms with Crippen LogP contribution in [0.2, 0.25) is 0 Å². The van der Waals surface area contributed by atoms with Gasteiger partial charge in [-0.1, -0.05) is 12.5 Å². The third-order valence-corrected chi connectivity index (χ3v) is 10.5. The minimum absolute atomic E-state index is 0.117. The largest absolute Gasteiger partial charge is 0.394 e. The van der Waals surface area contributed by atoms with Crippen LogP contribution in [0.4, 0.5) is 24.8 Å². The molecule has 0 unspecified atom stereocenters. The number of alkyl halides is 3. The zero-order valence-electron chi connectivity index (χ0n) is 25.4. The monoisotopic (exact) mass is 645 g/mol. The molecular formula is C31H38F3N7O3S. The molecule has 3 aromatic heterocycles. The van der Waals surface area contributed by atoms with Gasteiger partial charge in [0.05, 0.1) is 16.7 Å². The number of nitrogens with one attached hydrogen (secondary N) is 2. The Balaban J connectivity index is 1.26. The molecule has 242 valence electrons. The van der Waals surface area contributed by atoms with Gasteiger partial charge in [0.1, 0.15) is 11.6 Å². The molecule has 1 aliphatic carbocycles. The lowest BCUT2D eigenvalue weighted by molar-refractivity contribution is -0.189. The number of hydrogen-bond donors (Lipinski definition) is 2. The highest BCUT2D eigenvalue weighted by Gasteiger charge is 2.62. The Labute approximate surface area is 260 Å². The molecule has 2 N–H and O–H groups in total. The van der Waals surface area contributed by atoms with Gasteiger partial charge in [-0.2, -0.15) is 26.7 Å². The van der Waals surface area contributed by atoms with E-state index in [1.807, 2.05) is 6.07 Å². The number of hydrogen-bond acceptors (Lipinski definition) is 8. The van der Waals surface area contributed by atoms with E-state index in [-0.39, 0.29) is 35.4 Å². The van der Waals surface area contributed by atoms with Crippen molar-refractivity contribution in [1.82, 2.24) is 24.5 Å². The average molecular weight is 646 g/mol. The van der Waals surface area contributed by atoms with E-state index in [1.54, 1.807) is 35.1 Å². The summed E-state index contributed by atoms with van der Waals surface area (Å²) in [6.07, 6.45) is 2.45. The van der Waals surface area contributed by atoms with Crippen LogP contribution in [0.15, 0.2) is 47.6 Å². The van der Waals surface area contributed by atoms with Crippen molar-refractivity contribution in [3.63, 3.8) is 0 Å². The van der Waals surface area contributed by atoms with Crippen LogP contribution in [-0.2, 0) is 16.4 Å². The summed E-state index contributed by atoms with van der Waals surface area (Å²) in [7, 11) is -4.27. The number of halogens is 3. The number of rotatable bonds is 6. The van der Waals surface area contributed by atoms with E-state index in [2.05, 4.69) is 38.9 Å². The van der Waals surface area contributed by atoms with Gasteiger partial charge in [-0.25, -0.2) is 19.4 Å². The number of amides is 1. The molecule has 1 saturated heterocycles. The molecule has 14 heteroatoms. The van der Waals surface area contributed by atoms with Crippen LogP contribution in [0.3, 0.4) is 0 Å². The third kappa shape index (κ3) is 6.52. The maximum atomic E-state index is 13.6. The highest BCUT2D eigenvalue weighted by Crippen LogP contribution is 2.60. The molecule has 0 spiro atoms. The molecule has 1 atom stereocenters. The van der Waals surface area contributed by atoms with Crippen molar-refractivity contribution in [3.8, 4) is 5.82 Å². The molecule has 10 nitrogen and oxygen atoms in total. The number of sulfonamides is 1. The minimum atomic E-state index is -4.27. The quantitative estimate of drug-likeness (QED) is 0.330. The average Bonchev–Trinajstić information content (AvgIpc) is 3.53. The van der Waals surface area contributed by atoms with Crippen LogP contribution in [0.1, 0.15) is 81.3 Å². The predicted octanol–water partition coefficient (Wildman–Crippen LogP) is 5.65. The number of aryl methyl sites for hydroxylation is 1. The van der Waals surface area contributed by atoms with E-state index in [0.717, 1.165) is 25.0 Å². The Morgan fingerprint density at radius 1 is 1.07 bits per heavy atom. The summed E-state index contributed by atoms with van der Waals surface area (Å²) >= 11 is 0. The van der Waals surface area contributed by atoms with E-state index < -0.39 is 27.5 Å². The number of carbonyl (C=O) groups is 1. The predicted molar refractivity (Wildman–Crippen MR) is 163 cm³/mol. The molecule has 2 aliphatic heterocycles. The van der Waals surface area contributed by atoms with Crippen molar-refractivity contribution in [1.29, 1.82) is 0 Å². The number of fused-ring (bicyclic) bond motifs is 6. The summed E-state index contributed by atoms with van der Waals surface area (Å²) in [5.41, 5.74) is -0.994. The number of nitrogens with zero attached hydrogens (tertiary/aromatic N) is 5. The Bertz CT molecular complexity index is 1690. The summed E-state index contributed by atoms with van der Waals surface area (Å²) in [4.78, 5) is 24.7. The smallest absolute Gasteiger partial charge is 0.370 e. The maximum absolute atomic E-state index is 13.6. The Kier molecular flexibility index (Phi) is 8.07. The molecule has 5 heterocycles. The van der Waals surface area contributed by atoms with E-state index in [4.69, 9.17) is 4.98 Å². The van der Waals surface area contributed by atoms with Gasteiger partial charge in [-0.15, -0.1) is 0 Å². The molecule has 45 heavy (non-hydrogen) atoms. The number of aromatic nitrogens is 4. The van der Waals surface area contributed by atoms with E-state index >= 15 is 0 Å². The fraction of sp³-hybridized carbons (Fsp3) is 0.548. The molecule has 0 aromatic carbocycles. The summed E-state index contributed by atoms with van der Waals surface area (Å²) in [6, 6.07) is 9.60. The maximum Gasteiger partial charge on any atom is 0.394 e. The van der Waals surface area contributed by atoms with Crippen LogP contribution in [0.5, 0.6) is 0 Å². The molecule has 0 radical (unpaired) electrons. The van der Waals surface area contributed by atoms with Crippen LogP contribution >= 0.6 is 0 Å². The molecule has 3 aromatic rings. The van der Waals surface area contributed by atoms with Crippen LogP contribution in [0, 0.1) is 11.3 Å². The number of pyridine rings is 2. The normalized spacial score (nSPS) is 22.0. The van der Waals surface area contributed by atoms with Crippen molar-refractivity contribution >= 4 is 27.6 Å². The standard InChI is InChI=1S/C31H38F3N7O3S/c1-29(2)19-21-7-6-17-35-24-9-5-10-26(36-24)45(43,44)39-28(42)23-11-12-25(37-27(23)40(29)20-21)41-18-13-22(38-41)8-3-4-14-30(15-16-30)31(32,33)34/h5,9-13,18,21H,3-4,6-8,14-17,19-20H2,1-2H3,(H,35,36)(H,39,42)/t21-/m0/s1. The Morgan fingerprint density at radius 2 is 1.87 bits per heavy atom. The van der Waals surface area contributed by atoms with Gasteiger partial charge in [-0.3, -0.25) is 4.79 Å². The fourth-order valence-electron chi connectivity index (χ4n) is 6.62. The first-order valence-electron chi connectivity index (χ1n) is 15.4. The van der Waals surface area contributed by atoms with Crippen molar-refractivity contribution in [2.75, 3.05) is 23.3 Å². The molecule has 3 aliphatic rings. The molecular weight excluding hydrogens is 607 g/mol. The summed E-state index contributed by atoms with van der Waals surface area (Å²) in [6.45, 7) is 5.45. The zero-order chi connectivity index (χ0) is 32.0. The van der Waals surface area contributed by atoms with Crippen molar-refractivity contribution in [3.05, 3.63) is 53.9 Å². The first-order valence-corrected chi connectivity index (χ1v) is 16.9. The minimum Gasteiger partial charge on any atom is -0.370 e. The first-order chi connectivity index (χ1) is 21.3. The molecule has 1 amide bonds. The summed E-state index contributed by atoms with van der Waals surface area (Å²) < 4.78 is 69.9. The SMILES string of the molecule is CC1(C)C[C@@H]2CCCNc3cccc(n3)S(=O)(=O)NC(=O)c3ccc(-n4ccc(CCCCC5(C(F)(F)F)CC5)n4)nc3N1C2. The fourth-order valence-corrected chi connectivity index (χ4v) is 7.55. The zero-order valence-corrected chi connectivity index (χ0v) is 26.2. The number of anilines is 2. The molecule has 4 bridgehead atoms. The highest BCUT2D eigenvalue weighted by molar-refractivity contribution is 7.90. The number of carbonyl (C=O) groups excluding carboxylic acids is 1. The van der Waals surface area contributed by atoms with Crippen molar-refractivity contribution < 1.29 is 26.4 Å². The third-order valence-electron chi connectivity index (χ3n) is 9.31. The van der Waals surface area contributed by atoms with E-state index in [9.17, 15) is 26.4 Å². The second-order valence-corrected chi connectivity index (χ2v) is 14.8. The number of unbranched alkanes of at least 4 members (excludes halogenated alkanes) is 1.